The third kappa shape index (κ3) is 9.11. The van der Waals surface area contributed by atoms with Crippen LogP contribution in [0.25, 0.3) is 33.7 Å². The average molecular weight is 880 g/mol. The maximum atomic E-state index is 13.8. The normalized spacial score (nSPS) is 15.6. The minimum atomic E-state index is -0.393. The highest BCUT2D eigenvalue weighted by Crippen LogP contribution is 2.45. The monoisotopic (exact) mass is 879 g/mol. The summed E-state index contributed by atoms with van der Waals surface area (Å²) in [6, 6.07) is 23.4. The molecule has 1 atom stereocenters. The lowest BCUT2D eigenvalue weighted by atomic mass is 9.95. The Hall–Kier alpha value is -7.25. The summed E-state index contributed by atoms with van der Waals surface area (Å²) >= 11 is 6.39. The summed E-state index contributed by atoms with van der Waals surface area (Å²) in [5.74, 6) is -1.61. The van der Waals surface area contributed by atoms with Crippen molar-refractivity contribution in [2.45, 2.75) is 44.4 Å². The number of nitrogens with one attached hydrogen (secondary N) is 2. The van der Waals surface area contributed by atoms with Crippen LogP contribution in [-0.4, -0.2) is 82.6 Å². The Morgan fingerprint density at radius 2 is 1.38 bits per heavy atom. The van der Waals surface area contributed by atoms with Crippen LogP contribution in [0.1, 0.15) is 60.3 Å². The Morgan fingerprint density at radius 3 is 2.11 bits per heavy atom. The zero-order valence-corrected chi connectivity index (χ0v) is 35.6. The van der Waals surface area contributed by atoms with Crippen molar-refractivity contribution < 1.29 is 39.0 Å². The molecule has 3 heterocycles. The van der Waals surface area contributed by atoms with Crippen LogP contribution in [0.4, 0.5) is 17.1 Å². The molecule has 0 aliphatic carbocycles. The van der Waals surface area contributed by atoms with Gasteiger partial charge in [0.2, 0.25) is 11.8 Å². The Balaban J connectivity index is 0.953. The van der Waals surface area contributed by atoms with E-state index in [9.17, 15) is 39.0 Å². The summed E-state index contributed by atoms with van der Waals surface area (Å²) in [6.07, 6.45) is 11.1. The quantitative estimate of drug-likeness (QED) is 0.0366. The van der Waals surface area contributed by atoms with Gasteiger partial charge in [-0.3, -0.25) is 33.7 Å². The smallest absolute Gasteiger partial charge is 0.253 e. The number of alkyl halides is 1. The zero-order valence-electron chi connectivity index (χ0n) is 34.9. The van der Waals surface area contributed by atoms with Crippen LogP contribution < -0.4 is 20.4 Å². The number of carbonyl (C=O) groups excluding carboxylic acids is 6. The first kappa shape index (κ1) is 43.4. The number of fused-ring (bicyclic) bond motifs is 6. The molecule has 0 radical (unpaired) electrons. The van der Waals surface area contributed by atoms with Crippen LogP contribution in [0.3, 0.4) is 0 Å². The van der Waals surface area contributed by atoms with Crippen LogP contribution in [0.5, 0.6) is 11.5 Å². The predicted molar refractivity (Wildman–Crippen MR) is 248 cm³/mol. The summed E-state index contributed by atoms with van der Waals surface area (Å²) in [7, 11) is 0. The number of anilines is 3. The Bertz CT molecular complexity index is 2800. The van der Waals surface area contributed by atoms with Crippen molar-refractivity contribution >= 4 is 97.8 Å². The first-order valence-electron chi connectivity index (χ1n) is 21.3. The van der Waals surface area contributed by atoms with E-state index in [0.29, 0.717) is 78.9 Å². The molecule has 3 aliphatic heterocycles. The van der Waals surface area contributed by atoms with E-state index < -0.39 is 5.91 Å². The SMILES string of the molecule is O=C(CCCCCN1C(=O)C=CC1=O)NCCC(=O)Nc1cc(/C=C/C(=O)N2C[C@@H](CCl)c3c2cc(O)c2ccccc32)ccc1/C=C/C(=O)N1CCc2c1cc(O)c1ccccc21. The van der Waals surface area contributed by atoms with E-state index in [1.165, 1.54) is 29.2 Å². The largest absolute Gasteiger partial charge is 0.507 e. The average Bonchev–Trinajstić information content (AvgIpc) is 3.99. The molecule has 0 aromatic heterocycles. The first-order valence-corrected chi connectivity index (χ1v) is 21.8. The minimum Gasteiger partial charge on any atom is -0.507 e. The molecule has 0 unspecified atom stereocenters. The fourth-order valence-electron chi connectivity index (χ4n) is 8.68. The predicted octanol–water partition coefficient (Wildman–Crippen LogP) is 7.32. The summed E-state index contributed by atoms with van der Waals surface area (Å²) in [5.41, 5.74) is 4.59. The maximum Gasteiger partial charge on any atom is 0.253 e. The Morgan fingerprint density at radius 1 is 0.719 bits per heavy atom. The molecule has 5 aromatic rings. The molecule has 0 saturated carbocycles. The molecule has 5 aromatic carbocycles. The lowest BCUT2D eigenvalue weighted by Crippen LogP contribution is -2.31. The van der Waals surface area contributed by atoms with E-state index >= 15 is 0 Å². The number of phenols is 2. The molecule has 326 valence electrons. The molecule has 6 amide bonds. The van der Waals surface area contributed by atoms with Gasteiger partial charge in [-0.15, -0.1) is 11.6 Å². The molecule has 13 nitrogen and oxygen atoms in total. The molecule has 0 spiro atoms. The highest BCUT2D eigenvalue weighted by atomic mass is 35.5. The number of carbonyl (C=O) groups is 6. The molecular weight excluding hydrogens is 834 g/mol. The lowest BCUT2D eigenvalue weighted by Gasteiger charge is -2.17. The van der Waals surface area contributed by atoms with Gasteiger partial charge in [0.05, 0.1) is 11.4 Å². The number of imide groups is 1. The van der Waals surface area contributed by atoms with E-state index in [-0.39, 0.29) is 72.2 Å². The summed E-state index contributed by atoms with van der Waals surface area (Å²) in [4.78, 5) is 81.2. The number of unbranched alkanes of at least 4 members (excludes halogenated alkanes) is 2. The van der Waals surface area contributed by atoms with Gasteiger partial charge in [0.25, 0.3) is 23.6 Å². The van der Waals surface area contributed by atoms with Crippen molar-refractivity contribution in [3.63, 3.8) is 0 Å². The van der Waals surface area contributed by atoms with Crippen LogP contribution in [0.2, 0.25) is 0 Å². The minimum absolute atomic E-state index is 0.0434. The molecule has 0 fully saturated rings. The van der Waals surface area contributed by atoms with Crippen LogP contribution >= 0.6 is 11.6 Å². The number of amides is 6. The maximum absolute atomic E-state index is 13.8. The summed E-state index contributed by atoms with van der Waals surface area (Å²) < 4.78 is 0. The van der Waals surface area contributed by atoms with Gasteiger partial charge in [-0.25, -0.2) is 0 Å². The fourth-order valence-corrected chi connectivity index (χ4v) is 8.93. The summed E-state index contributed by atoms with van der Waals surface area (Å²) in [6.45, 7) is 1.14. The van der Waals surface area contributed by atoms with Gasteiger partial charge in [0, 0.05) is 104 Å². The third-order valence-corrected chi connectivity index (χ3v) is 12.3. The van der Waals surface area contributed by atoms with Crippen molar-refractivity contribution in [3.05, 3.63) is 125 Å². The van der Waals surface area contributed by atoms with E-state index in [0.717, 1.165) is 27.3 Å². The van der Waals surface area contributed by atoms with Crippen molar-refractivity contribution in [1.29, 1.82) is 0 Å². The number of benzene rings is 5. The second kappa shape index (κ2) is 19.0. The van der Waals surface area contributed by atoms with Gasteiger partial charge in [0.1, 0.15) is 11.5 Å². The van der Waals surface area contributed by atoms with Gasteiger partial charge in [-0.05, 0) is 70.5 Å². The number of nitrogens with zero attached hydrogens (tertiary/aromatic N) is 3. The molecule has 0 bridgehead atoms. The van der Waals surface area contributed by atoms with Crippen LogP contribution in [0, 0.1) is 0 Å². The van der Waals surface area contributed by atoms with Gasteiger partial charge in [-0.1, -0.05) is 67.1 Å². The van der Waals surface area contributed by atoms with Crippen LogP contribution in [0.15, 0.2) is 103 Å². The van der Waals surface area contributed by atoms with Crippen molar-refractivity contribution in [1.82, 2.24) is 10.2 Å². The van der Waals surface area contributed by atoms with E-state index in [1.807, 2.05) is 48.5 Å². The molecule has 14 heteroatoms. The van der Waals surface area contributed by atoms with Gasteiger partial charge in [-0.2, -0.15) is 0 Å². The molecule has 64 heavy (non-hydrogen) atoms. The first-order chi connectivity index (χ1) is 31.0. The number of aromatic hydroxyl groups is 2. The van der Waals surface area contributed by atoms with Gasteiger partial charge < -0.3 is 30.6 Å². The van der Waals surface area contributed by atoms with E-state index in [4.69, 9.17) is 11.6 Å². The molecule has 3 aliphatic rings. The van der Waals surface area contributed by atoms with Crippen LogP contribution in [-0.2, 0) is 35.2 Å². The highest BCUT2D eigenvalue weighted by Gasteiger charge is 2.34. The van der Waals surface area contributed by atoms with Crippen molar-refractivity contribution in [3.8, 4) is 11.5 Å². The third-order valence-electron chi connectivity index (χ3n) is 11.9. The molecular formula is C50H46ClN5O8. The molecule has 0 saturated heterocycles. The number of phenolic OH excluding ortho intramolecular Hbond substituents is 2. The zero-order chi connectivity index (χ0) is 44.9. The van der Waals surface area contributed by atoms with Gasteiger partial charge in [0.15, 0.2) is 0 Å². The number of hydrogen-bond donors (Lipinski definition) is 4. The topological polar surface area (TPSA) is 177 Å². The Labute approximate surface area is 374 Å². The standard InChI is InChI=1S/C50H46ClN5O8/c51-29-33-30-56(41-28-43(58)37-10-5-6-11-38(37)50(33)41)49(64)17-14-31-13-15-32(16-18-46(61)54-25-22-35-34-8-3-4-9-36(34)42(57)27-40(35)54)39(26-31)53-45(60)21-23-52-44(59)12-2-1-7-24-55-47(62)19-20-48(55)63/h3-6,8-11,13-20,26-28,33,57-58H,1-2,7,12,21-25,29-30H2,(H,52,59)(H,53,60)/b17-14+,18-16+/t33-/m1/s1. The lowest BCUT2D eigenvalue weighted by molar-refractivity contribution is -0.137. The molecule has 4 N–H and O–H groups in total. The molecule has 8 rings (SSSR count). The number of halogens is 1. The van der Waals surface area contributed by atoms with E-state index in [1.54, 1.807) is 52.3 Å². The van der Waals surface area contributed by atoms with Crippen molar-refractivity contribution in [2.24, 2.45) is 0 Å². The second-order valence-corrected chi connectivity index (χ2v) is 16.3. The fraction of sp³-hybridized carbons (Fsp3) is 0.240. The number of rotatable bonds is 15. The second-order valence-electron chi connectivity index (χ2n) is 16.0. The van der Waals surface area contributed by atoms with Crippen molar-refractivity contribution in [2.75, 3.05) is 47.2 Å². The summed E-state index contributed by atoms with van der Waals surface area (Å²) in [5, 5.41) is 30.4. The number of hydrogen-bond acceptors (Lipinski definition) is 8. The van der Waals surface area contributed by atoms with E-state index in [2.05, 4.69) is 10.6 Å². The highest BCUT2D eigenvalue weighted by molar-refractivity contribution is 6.19. The Kier molecular flexibility index (Phi) is 12.9. The van der Waals surface area contributed by atoms with Gasteiger partial charge >= 0.3 is 0 Å².